The molecule has 0 aliphatic rings. The number of nitrogens with zero attached hydrogens (tertiary/aromatic N) is 4. The van der Waals surface area contributed by atoms with E-state index in [1.165, 1.54) is 47.4 Å². The van der Waals surface area contributed by atoms with Gasteiger partial charge in [0.05, 0.1) is 12.9 Å². The molecule has 0 aliphatic carbocycles. The number of benzene rings is 3. The van der Waals surface area contributed by atoms with E-state index in [0.29, 0.717) is 28.1 Å². The second-order valence-corrected chi connectivity index (χ2v) is 9.97. The van der Waals surface area contributed by atoms with Crippen molar-refractivity contribution >= 4 is 34.7 Å². The molecule has 0 fully saturated rings. The summed E-state index contributed by atoms with van der Waals surface area (Å²) in [5, 5.41) is 14.9. The number of nitrogens with one attached hydrogen (secondary N) is 1. The van der Waals surface area contributed by atoms with Crippen LogP contribution in [0.3, 0.4) is 0 Å². The maximum Gasteiger partial charge on any atom is 0.275 e. The van der Waals surface area contributed by atoms with E-state index in [2.05, 4.69) is 20.5 Å². The second kappa shape index (κ2) is 10.9. The second-order valence-electron chi connectivity index (χ2n) is 8.09. The quantitative estimate of drug-likeness (QED) is 0.234. The number of thiazole rings is 1. The number of hydrogen-bond donors (Lipinski definition) is 1. The van der Waals surface area contributed by atoms with Gasteiger partial charge in [0.15, 0.2) is 11.0 Å². The van der Waals surface area contributed by atoms with Gasteiger partial charge in [-0.25, -0.2) is 9.37 Å². The number of halogens is 1. The van der Waals surface area contributed by atoms with Gasteiger partial charge >= 0.3 is 0 Å². The third-order valence-corrected chi connectivity index (χ3v) is 7.44. The summed E-state index contributed by atoms with van der Waals surface area (Å²) >= 11 is 2.88. The number of thioether (sulfide) groups is 1. The highest BCUT2D eigenvalue weighted by Crippen LogP contribution is 2.31. The van der Waals surface area contributed by atoms with Crippen LogP contribution in [-0.4, -0.2) is 32.8 Å². The summed E-state index contributed by atoms with van der Waals surface area (Å²) < 4.78 is 20.5. The van der Waals surface area contributed by atoms with Crippen molar-refractivity contribution in [1.82, 2.24) is 19.7 Å². The summed E-state index contributed by atoms with van der Waals surface area (Å²) in [6.45, 7) is 2.04. The van der Waals surface area contributed by atoms with E-state index >= 15 is 0 Å². The number of anilines is 1. The Balaban J connectivity index is 1.37. The lowest BCUT2D eigenvalue weighted by atomic mass is 10.2. The monoisotopic (exact) mass is 531 g/mol. The Kier molecular flexibility index (Phi) is 7.29. The van der Waals surface area contributed by atoms with Crippen LogP contribution >= 0.6 is 23.1 Å². The smallest absolute Gasteiger partial charge is 0.275 e. The molecule has 0 radical (unpaired) electrons. The number of aromatic nitrogens is 4. The van der Waals surface area contributed by atoms with Crippen molar-refractivity contribution in [2.45, 2.75) is 17.8 Å². The number of aryl methyl sites for hydroxylation is 1. The van der Waals surface area contributed by atoms with E-state index in [0.717, 1.165) is 27.6 Å². The number of hydrogen-bond acceptors (Lipinski definition) is 7. The highest BCUT2D eigenvalue weighted by Gasteiger charge is 2.18. The molecule has 5 rings (SSSR count). The zero-order valence-corrected chi connectivity index (χ0v) is 21.6. The topological polar surface area (TPSA) is 81.9 Å². The van der Waals surface area contributed by atoms with E-state index in [1.54, 1.807) is 12.5 Å². The number of carbonyl (C=O) groups is 1. The molecular weight excluding hydrogens is 509 g/mol. The predicted molar refractivity (Wildman–Crippen MR) is 144 cm³/mol. The normalized spacial score (nSPS) is 10.9. The molecule has 7 nitrogen and oxygen atoms in total. The molecule has 0 atom stereocenters. The first kappa shape index (κ1) is 24.7. The summed E-state index contributed by atoms with van der Waals surface area (Å²) in [6.07, 6.45) is 0. The first-order valence-corrected chi connectivity index (χ1v) is 13.2. The number of methoxy groups -OCH3 is 1. The first-order chi connectivity index (χ1) is 18.0. The standard InChI is InChI=1S/C27H22FN5O2S2/c1-17-6-12-21(13-7-17)33-25(18-4-3-5-22(14-18)35-2)31-32-27(33)37-16-24-30-23(15-36-24)26(34)29-20-10-8-19(28)9-11-20/h3-15H,16H2,1-2H3,(H,29,34). The fourth-order valence-electron chi connectivity index (χ4n) is 3.58. The van der Waals surface area contributed by atoms with Gasteiger partial charge in [-0.05, 0) is 55.5 Å². The fourth-order valence-corrected chi connectivity index (χ4v) is 5.32. The van der Waals surface area contributed by atoms with Gasteiger partial charge in [0.2, 0.25) is 0 Å². The molecular formula is C27H22FN5O2S2. The van der Waals surface area contributed by atoms with E-state index in [9.17, 15) is 9.18 Å². The lowest BCUT2D eigenvalue weighted by molar-refractivity contribution is 0.102. The van der Waals surface area contributed by atoms with Crippen LogP contribution in [0.4, 0.5) is 10.1 Å². The highest BCUT2D eigenvalue weighted by molar-refractivity contribution is 7.98. The number of carbonyl (C=O) groups excluding carboxylic acids is 1. The molecule has 37 heavy (non-hydrogen) atoms. The zero-order chi connectivity index (χ0) is 25.8. The van der Waals surface area contributed by atoms with Crippen LogP contribution in [0.25, 0.3) is 17.1 Å². The van der Waals surface area contributed by atoms with Crippen molar-refractivity contribution in [3.05, 3.63) is 100 Å². The van der Waals surface area contributed by atoms with Crippen LogP contribution in [-0.2, 0) is 5.75 Å². The lowest BCUT2D eigenvalue weighted by Crippen LogP contribution is -2.12. The molecule has 10 heteroatoms. The Morgan fingerprint density at radius 3 is 2.62 bits per heavy atom. The van der Waals surface area contributed by atoms with Crippen LogP contribution in [0.15, 0.2) is 83.3 Å². The number of rotatable bonds is 8. The average molecular weight is 532 g/mol. The molecule has 1 amide bonds. The van der Waals surface area contributed by atoms with Crippen molar-refractivity contribution in [2.75, 3.05) is 12.4 Å². The summed E-state index contributed by atoms with van der Waals surface area (Å²) in [4.78, 5) is 17.0. The molecule has 186 valence electrons. The van der Waals surface area contributed by atoms with Gasteiger partial charge in [-0.3, -0.25) is 9.36 Å². The van der Waals surface area contributed by atoms with Gasteiger partial charge in [-0.2, -0.15) is 0 Å². The molecule has 5 aromatic rings. The van der Waals surface area contributed by atoms with Crippen molar-refractivity contribution in [2.24, 2.45) is 0 Å². The molecule has 0 spiro atoms. The molecule has 0 saturated carbocycles. The maximum absolute atomic E-state index is 13.1. The summed E-state index contributed by atoms with van der Waals surface area (Å²) in [5.74, 6) is 1.24. The Morgan fingerprint density at radius 2 is 1.86 bits per heavy atom. The van der Waals surface area contributed by atoms with Gasteiger partial charge in [0, 0.05) is 22.3 Å². The SMILES string of the molecule is COc1cccc(-c2nnc(SCc3nc(C(=O)Nc4ccc(F)cc4)cs3)n2-c2ccc(C)cc2)c1. The van der Waals surface area contributed by atoms with Crippen molar-refractivity contribution in [3.63, 3.8) is 0 Å². The largest absolute Gasteiger partial charge is 0.497 e. The molecule has 0 bridgehead atoms. The minimum Gasteiger partial charge on any atom is -0.497 e. The maximum atomic E-state index is 13.1. The van der Waals surface area contributed by atoms with Gasteiger partial charge < -0.3 is 10.1 Å². The highest BCUT2D eigenvalue weighted by atomic mass is 32.2. The molecule has 0 unspecified atom stereocenters. The summed E-state index contributed by atoms with van der Waals surface area (Å²) in [7, 11) is 1.63. The molecule has 0 saturated heterocycles. The van der Waals surface area contributed by atoms with Gasteiger partial charge in [-0.15, -0.1) is 21.5 Å². The van der Waals surface area contributed by atoms with Gasteiger partial charge in [-0.1, -0.05) is 41.6 Å². The van der Waals surface area contributed by atoms with Crippen molar-refractivity contribution in [1.29, 1.82) is 0 Å². The molecule has 3 aromatic carbocycles. The fraction of sp³-hybridized carbons (Fsp3) is 0.111. The summed E-state index contributed by atoms with van der Waals surface area (Å²) in [6, 6.07) is 21.5. The van der Waals surface area contributed by atoms with E-state index in [1.807, 2.05) is 60.0 Å². The minimum atomic E-state index is -0.362. The van der Waals surface area contributed by atoms with Gasteiger partial charge in [0.25, 0.3) is 5.91 Å². The Bertz CT molecular complexity index is 1530. The predicted octanol–water partition coefficient (Wildman–Crippen LogP) is 6.39. The van der Waals surface area contributed by atoms with E-state index in [4.69, 9.17) is 4.74 Å². The number of amides is 1. The Hall–Kier alpha value is -4.02. The average Bonchev–Trinajstić information content (AvgIpc) is 3.57. The molecule has 2 heterocycles. The van der Waals surface area contributed by atoms with Crippen LogP contribution < -0.4 is 10.1 Å². The first-order valence-electron chi connectivity index (χ1n) is 11.3. The van der Waals surface area contributed by atoms with Crippen molar-refractivity contribution in [3.8, 4) is 22.8 Å². The van der Waals surface area contributed by atoms with E-state index < -0.39 is 0 Å². The van der Waals surface area contributed by atoms with Crippen molar-refractivity contribution < 1.29 is 13.9 Å². The molecule has 1 N–H and O–H groups in total. The Labute approximate surface area is 221 Å². The zero-order valence-electron chi connectivity index (χ0n) is 20.0. The lowest BCUT2D eigenvalue weighted by Gasteiger charge is -2.11. The molecule has 0 aliphatic heterocycles. The minimum absolute atomic E-state index is 0.307. The van der Waals surface area contributed by atoms with Crippen LogP contribution in [0.5, 0.6) is 5.75 Å². The van der Waals surface area contributed by atoms with Crippen LogP contribution in [0, 0.1) is 12.7 Å². The third-order valence-electron chi connectivity index (χ3n) is 5.46. The van der Waals surface area contributed by atoms with Crippen LogP contribution in [0.2, 0.25) is 0 Å². The Morgan fingerprint density at radius 1 is 1.08 bits per heavy atom. The number of ether oxygens (including phenoxy) is 1. The third kappa shape index (κ3) is 5.71. The molecule has 2 aromatic heterocycles. The van der Waals surface area contributed by atoms with E-state index in [-0.39, 0.29) is 11.7 Å². The van der Waals surface area contributed by atoms with Gasteiger partial charge in [0.1, 0.15) is 22.3 Å². The summed E-state index contributed by atoms with van der Waals surface area (Å²) in [5.41, 5.74) is 3.79. The van der Waals surface area contributed by atoms with Crippen LogP contribution in [0.1, 0.15) is 21.1 Å².